The Hall–Kier alpha value is -1.65. The van der Waals surface area contributed by atoms with Crippen LogP contribution in [0.25, 0.3) is 22.4 Å². The van der Waals surface area contributed by atoms with Crippen molar-refractivity contribution in [2.45, 2.75) is 6.54 Å². The van der Waals surface area contributed by atoms with E-state index in [1.807, 2.05) is 31.3 Å². The third kappa shape index (κ3) is 2.07. The number of hydrogen-bond acceptors (Lipinski definition) is 2. The van der Waals surface area contributed by atoms with Crippen LogP contribution in [0, 0.1) is 0 Å². The van der Waals surface area contributed by atoms with Crippen molar-refractivity contribution in [1.82, 2.24) is 9.55 Å². The molecule has 4 heteroatoms. The number of imidazole rings is 1. The van der Waals surface area contributed by atoms with E-state index in [-0.39, 0.29) is 0 Å². The van der Waals surface area contributed by atoms with Gasteiger partial charge in [0.25, 0.3) is 0 Å². The molecule has 19 heavy (non-hydrogen) atoms. The third-order valence-electron chi connectivity index (χ3n) is 3.30. The van der Waals surface area contributed by atoms with Gasteiger partial charge in [-0.3, -0.25) is 0 Å². The smallest absolute Gasteiger partial charge is 0.142 e. The normalized spacial score (nSPS) is 11.1. The standard InChI is InChI=1S/C15H14BrN3/c1-19-14-7-6-10(9-17)8-13(14)18-15(19)11-4-2-3-5-12(11)16/h2-8H,9,17H2,1H3. The molecular weight excluding hydrogens is 302 g/mol. The van der Waals surface area contributed by atoms with Gasteiger partial charge in [-0.25, -0.2) is 4.98 Å². The lowest BCUT2D eigenvalue weighted by Crippen LogP contribution is -1.96. The molecule has 0 aliphatic carbocycles. The summed E-state index contributed by atoms with van der Waals surface area (Å²) in [4.78, 5) is 4.73. The molecule has 0 spiro atoms. The number of aryl methyl sites for hydroxylation is 1. The number of aromatic nitrogens is 2. The number of nitrogens with zero attached hydrogens (tertiary/aromatic N) is 2. The van der Waals surface area contributed by atoms with Crippen LogP contribution in [-0.2, 0) is 13.6 Å². The molecule has 0 atom stereocenters. The summed E-state index contributed by atoms with van der Waals surface area (Å²) < 4.78 is 3.16. The lowest BCUT2D eigenvalue weighted by atomic mass is 10.2. The molecule has 0 aliphatic heterocycles. The Kier molecular flexibility index (Phi) is 3.12. The molecule has 0 saturated carbocycles. The predicted octanol–water partition coefficient (Wildman–Crippen LogP) is 3.46. The molecule has 0 radical (unpaired) electrons. The van der Waals surface area contributed by atoms with Gasteiger partial charge in [0.05, 0.1) is 11.0 Å². The van der Waals surface area contributed by atoms with Crippen LogP contribution in [0.15, 0.2) is 46.9 Å². The molecule has 0 bridgehead atoms. The fourth-order valence-corrected chi connectivity index (χ4v) is 2.72. The summed E-state index contributed by atoms with van der Waals surface area (Å²) in [6.45, 7) is 0.539. The van der Waals surface area contributed by atoms with Crippen molar-refractivity contribution < 1.29 is 0 Å². The van der Waals surface area contributed by atoms with E-state index in [9.17, 15) is 0 Å². The zero-order chi connectivity index (χ0) is 13.4. The topological polar surface area (TPSA) is 43.8 Å². The first-order valence-electron chi connectivity index (χ1n) is 6.11. The molecule has 0 amide bonds. The fourth-order valence-electron chi connectivity index (χ4n) is 2.26. The Morgan fingerprint density at radius 2 is 2.00 bits per heavy atom. The minimum atomic E-state index is 0.539. The largest absolute Gasteiger partial charge is 0.327 e. The van der Waals surface area contributed by atoms with Gasteiger partial charge >= 0.3 is 0 Å². The molecule has 2 aromatic carbocycles. The Morgan fingerprint density at radius 1 is 1.21 bits per heavy atom. The molecule has 0 saturated heterocycles. The highest BCUT2D eigenvalue weighted by atomic mass is 79.9. The van der Waals surface area contributed by atoms with Crippen molar-refractivity contribution in [3.05, 3.63) is 52.5 Å². The van der Waals surface area contributed by atoms with Crippen LogP contribution in [-0.4, -0.2) is 9.55 Å². The van der Waals surface area contributed by atoms with Crippen LogP contribution in [0.4, 0.5) is 0 Å². The first-order valence-corrected chi connectivity index (χ1v) is 6.90. The second kappa shape index (κ2) is 4.79. The van der Waals surface area contributed by atoms with Crippen molar-refractivity contribution in [3.8, 4) is 11.4 Å². The fraction of sp³-hybridized carbons (Fsp3) is 0.133. The van der Waals surface area contributed by atoms with Gasteiger partial charge in [0.1, 0.15) is 5.82 Å². The average molecular weight is 316 g/mol. The second-order valence-corrected chi connectivity index (χ2v) is 5.36. The van der Waals surface area contributed by atoms with Crippen LogP contribution in [0.1, 0.15) is 5.56 Å². The average Bonchev–Trinajstić information content (AvgIpc) is 2.76. The Labute approximate surface area is 120 Å². The van der Waals surface area contributed by atoms with Crippen molar-refractivity contribution in [3.63, 3.8) is 0 Å². The summed E-state index contributed by atoms with van der Waals surface area (Å²) in [6.07, 6.45) is 0. The number of nitrogens with two attached hydrogens (primary N) is 1. The highest BCUT2D eigenvalue weighted by molar-refractivity contribution is 9.10. The molecule has 0 aliphatic rings. The highest BCUT2D eigenvalue weighted by Gasteiger charge is 2.12. The van der Waals surface area contributed by atoms with E-state index in [1.54, 1.807) is 0 Å². The SMILES string of the molecule is Cn1c(-c2ccccc2Br)nc2cc(CN)ccc21. The zero-order valence-electron chi connectivity index (χ0n) is 10.6. The Balaban J connectivity index is 2.25. The molecule has 0 fully saturated rings. The lowest BCUT2D eigenvalue weighted by Gasteiger charge is -2.04. The quantitative estimate of drug-likeness (QED) is 0.787. The number of rotatable bonds is 2. The van der Waals surface area contributed by atoms with Crippen molar-refractivity contribution in [2.24, 2.45) is 12.8 Å². The predicted molar refractivity (Wildman–Crippen MR) is 81.7 cm³/mol. The van der Waals surface area contributed by atoms with Gasteiger partial charge in [-0.2, -0.15) is 0 Å². The molecule has 0 unspecified atom stereocenters. The van der Waals surface area contributed by atoms with Crippen molar-refractivity contribution in [2.75, 3.05) is 0 Å². The molecule has 1 heterocycles. The maximum atomic E-state index is 5.68. The zero-order valence-corrected chi connectivity index (χ0v) is 12.2. The van der Waals surface area contributed by atoms with Crippen LogP contribution in [0.2, 0.25) is 0 Å². The Morgan fingerprint density at radius 3 is 2.74 bits per heavy atom. The molecular formula is C15H14BrN3. The van der Waals surface area contributed by atoms with Gasteiger partial charge in [-0.15, -0.1) is 0 Å². The lowest BCUT2D eigenvalue weighted by molar-refractivity contribution is 0.958. The van der Waals surface area contributed by atoms with Gasteiger partial charge in [-0.05, 0) is 23.8 Å². The second-order valence-electron chi connectivity index (χ2n) is 4.50. The van der Waals surface area contributed by atoms with Crippen LogP contribution in [0.3, 0.4) is 0 Å². The maximum absolute atomic E-state index is 5.68. The molecule has 2 N–H and O–H groups in total. The summed E-state index contributed by atoms with van der Waals surface area (Å²) in [5.74, 6) is 0.955. The first kappa shape index (κ1) is 12.4. The summed E-state index contributed by atoms with van der Waals surface area (Å²) in [5, 5.41) is 0. The first-order chi connectivity index (χ1) is 9.20. The van der Waals surface area contributed by atoms with Gasteiger partial charge in [0, 0.05) is 23.6 Å². The van der Waals surface area contributed by atoms with Crippen LogP contribution in [0.5, 0.6) is 0 Å². The maximum Gasteiger partial charge on any atom is 0.142 e. The summed E-state index contributed by atoms with van der Waals surface area (Å²) in [5.41, 5.74) is 9.97. The number of halogens is 1. The number of benzene rings is 2. The summed E-state index contributed by atoms with van der Waals surface area (Å²) >= 11 is 3.58. The van der Waals surface area contributed by atoms with E-state index < -0.39 is 0 Å². The van der Waals surface area contributed by atoms with Gasteiger partial charge < -0.3 is 10.3 Å². The van der Waals surface area contributed by atoms with Gasteiger partial charge in [0.2, 0.25) is 0 Å². The third-order valence-corrected chi connectivity index (χ3v) is 3.99. The Bertz CT molecular complexity index is 746. The molecule has 96 valence electrons. The summed E-state index contributed by atoms with van der Waals surface area (Å²) in [7, 11) is 2.03. The molecule has 1 aromatic heterocycles. The van der Waals surface area contributed by atoms with E-state index in [0.29, 0.717) is 6.54 Å². The minimum Gasteiger partial charge on any atom is -0.327 e. The van der Waals surface area contributed by atoms with E-state index in [0.717, 1.165) is 32.5 Å². The number of fused-ring (bicyclic) bond motifs is 1. The van der Waals surface area contributed by atoms with Gasteiger partial charge in [0.15, 0.2) is 0 Å². The van der Waals surface area contributed by atoms with Crippen LogP contribution < -0.4 is 5.73 Å². The van der Waals surface area contributed by atoms with E-state index in [4.69, 9.17) is 10.7 Å². The van der Waals surface area contributed by atoms with E-state index in [1.165, 1.54) is 0 Å². The highest BCUT2D eigenvalue weighted by Crippen LogP contribution is 2.29. The van der Waals surface area contributed by atoms with Crippen molar-refractivity contribution >= 4 is 27.0 Å². The van der Waals surface area contributed by atoms with E-state index in [2.05, 4.69) is 38.7 Å². The van der Waals surface area contributed by atoms with Crippen LogP contribution >= 0.6 is 15.9 Å². The summed E-state index contributed by atoms with van der Waals surface area (Å²) in [6, 6.07) is 14.3. The monoisotopic (exact) mass is 315 g/mol. The number of hydrogen-bond donors (Lipinski definition) is 1. The van der Waals surface area contributed by atoms with Gasteiger partial charge in [-0.1, -0.05) is 40.2 Å². The molecule has 3 nitrogen and oxygen atoms in total. The molecule has 3 rings (SSSR count). The van der Waals surface area contributed by atoms with Crippen molar-refractivity contribution in [1.29, 1.82) is 0 Å². The van der Waals surface area contributed by atoms with E-state index >= 15 is 0 Å². The molecule has 3 aromatic rings. The minimum absolute atomic E-state index is 0.539.